The first-order valence-electron chi connectivity index (χ1n) is 3.82. The molecule has 0 amide bonds. The zero-order chi connectivity index (χ0) is 9.26. The van der Waals surface area contributed by atoms with Crippen molar-refractivity contribution in [1.82, 2.24) is 4.98 Å². The number of hydrogen-bond acceptors (Lipinski definition) is 2. The van der Waals surface area contributed by atoms with E-state index in [1.54, 1.807) is 12.1 Å². The lowest BCUT2D eigenvalue weighted by atomic mass is 10.2. The molecule has 1 radical (unpaired) electrons. The zero-order valence-electron chi connectivity index (χ0n) is 7.04. The first-order chi connectivity index (χ1) is 6.29. The van der Waals surface area contributed by atoms with E-state index >= 15 is 0 Å². The summed E-state index contributed by atoms with van der Waals surface area (Å²) < 4.78 is 17.6. The summed E-state index contributed by atoms with van der Waals surface area (Å²) >= 11 is 0. The summed E-state index contributed by atoms with van der Waals surface area (Å²) in [5.41, 5.74) is 0.486. The lowest BCUT2D eigenvalue weighted by molar-refractivity contribution is 0.399. The van der Waals surface area contributed by atoms with Crippen LogP contribution in [0.4, 0.5) is 4.39 Å². The number of fused-ring (bicyclic) bond motifs is 1. The predicted octanol–water partition coefficient (Wildman–Crippen LogP) is 2.18. The van der Waals surface area contributed by atoms with Gasteiger partial charge in [-0.3, -0.25) is 0 Å². The molecule has 1 heterocycles. The molecule has 0 atom stereocenters. The molecule has 2 nitrogen and oxygen atoms in total. The molecule has 0 N–H and O–H groups in total. The van der Waals surface area contributed by atoms with Crippen molar-refractivity contribution in [2.24, 2.45) is 0 Å². The van der Waals surface area contributed by atoms with E-state index in [1.807, 2.05) is 6.07 Å². The molecule has 2 rings (SSSR count). The summed E-state index contributed by atoms with van der Waals surface area (Å²) in [6, 6.07) is 9.07. The van der Waals surface area contributed by atoms with Gasteiger partial charge in [0.25, 0.3) is 0 Å². The summed E-state index contributed by atoms with van der Waals surface area (Å²) in [5, 5.41) is 0.849. The molecule has 0 aliphatic heterocycles. The van der Waals surface area contributed by atoms with Crippen LogP contribution in [0.1, 0.15) is 0 Å². The van der Waals surface area contributed by atoms with Gasteiger partial charge in [0.05, 0.1) is 12.6 Å². The Morgan fingerprint density at radius 3 is 2.85 bits per heavy atom. The van der Waals surface area contributed by atoms with Crippen molar-refractivity contribution >= 4 is 10.9 Å². The smallest absolute Gasteiger partial charge is 0.213 e. The molecular formula is C10H7FNO. The van der Waals surface area contributed by atoms with Crippen LogP contribution in [0, 0.1) is 11.9 Å². The third-order valence-electron chi connectivity index (χ3n) is 1.76. The lowest BCUT2D eigenvalue weighted by Crippen LogP contribution is -1.88. The lowest BCUT2D eigenvalue weighted by Gasteiger charge is -2.00. The van der Waals surface area contributed by atoms with Crippen LogP contribution in [0.3, 0.4) is 0 Å². The highest BCUT2D eigenvalue weighted by atomic mass is 19.1. The van der Waals surface area contributed by atoms with Crippen LogP contribution in [-0.2, 0) is 0 Å². The van der Waals surface area contributed by atoms with Crippen LogP contribution in [0.15, 0.2) is 24.3 Å². The average Bonchev–Trinajstić information content (AvgIpc) is 2.16. The molecule has 1 aromatic heterocycles. The minimum atomic E-state index is -0.409. The van der Waals surface area contributed by atoms with Gasteiger partial charge in [-0.05, 0) is 18.2 Å². The van der Waals surface area contributed by atoms with Crippen LogP contribution in [0.25, 0.3) is 10.9 Å². The predicted molar refractivity (Wildman–Crippen MR) is 47.1 cm³/mol. The van der Waals surface area contributed by atoms with E-state index < -0.39 is 5.82 Å². The fraction of sp³-hybridized carbons (Fsp3) is 0.100. The van der Waals surface area contributed by atoms with Crippen LogP contribution in [-0.4, -0.2) is 12.1 Å². The van der Waals surface area contributed by atoms with Gasteiger partial charge in [0.2, 0.25) is 5.88 Å². The second-order valence-corrected chi connectivity index (χ2v) is 2.60. The number of pyridine rings is 1. The molecule has 3 heteroatoms. The number of methoxy groups -OCH3 is 1. The second kappa shape index (κ2) is 3.01. The molecule has 0 aliphatic carbocycles. The minimum Gasteiger partial charge on any atom is -0.481 e. The summed E-state index contributed by atoms with van der Waals surface area (Å²) in [4.78, 5) is 4.04. The Bertz CT molecular complexity index is 442. The van der Waals surface area contributed by atoms with E-state index in [-0.39, 0.29) is 0 Å². The van der Waals surface area contributed by atoms with Crippen LogP contribution >= 0.6 is 0 Å². The quantitative estimate of drug-likeness (QED) is 0.664. The number of rotatable bonds is 1. The summed E-state index contributed by atoms with van der Waals surface area (Å²) in [7, 11) is 1.52. The number of nitrogens with zero attached hydrogens (tertiary/aromatic N) is 1. The molecule has 2 aromatic rings. The number of hydrogen-bond donors (Lipinski definition) is 0. The molecule has 1 aromatic carbocycles. The maximum atomic E-state index is 12.7. The van der Waals surface area contributed by atoms with Crippen molar-refractivity contribution in [2.45, 2.75) is 0 Å². The maximum Gasteiger partial charge on any atom is 0.213 e. The zero-order valence-corrected chi connectivity index (χ0v) is 7.04. The van der Waals surface area contributed by atoms with Gasteiger partial charge in [0, 0.05) is 17.5 Å². The topological polar surface area (TPSA) is 22.1 Å². The van der Waals surface area contributed by atoms with Gasteiger partial charge < -0.3 is 4.74 Å². The average molecular weight is 176 g/mol. The van der Waals surface area contributed by atoms with E-state index in [4.69, 9.17) is 4.74 Å². The van der Waals surface area contributed by atoms with Crippen LogP contribution in [0.5, 0.6) is 5.88 Å². The molecule has 0 spiro atoms. The van der Waals surface area contributed by atoms with Crippen molar-refractivity contribution in [3.63, 3.8) is 0 Å². The van der Waals surface area contributed by atoms with E-state index in [2.05, 4.69) is 11.1 Å². The molecular weight excluding hydrogens is 169 g/mol. The minimum absolute atomic E-state index is 0.409. The Morgan fingerprint density at radius 1 is 1.31 bits per heavy atom. The molecule has 0 saturated carbocycles. The van der Waals surface area contributed by atoms with E-state index in [0.717, 1.165) is 5.39 Å². The molecule has 65 valence electrons. The van der Waals surface area contributed by atoms with Crippen molar-refractivity contribution in [1.29, 1.82) is 0 Å². The van der Waals surface area contributed by atoms with Gasteiger partial charge in [-0.15, -0.1) is 0 Å². The highest BCUT2D eigenvalue weighted by Gasteiger charge is 1.99. The molecule has 0 bridgehead atoms. The highest BCUT2D eigenvalue weighted by molar-refractivity contribution is 5.78. The van der Waals surface area contributed by atoms with Gasteiger partial charge in [0.15, 0.2) is 0 Å². The third-order valence-corrected chi connectivity index (χ3v) is 1.76. The standard InChI is InChI=1S/C10H7FNO/c1-13-10-5-3-7-2-4-8(11)6-9(7)12-10/h2-5H,1H3. The molecule has 0 aliphatic rings. The largest absolute Gasteiger partial charge is 0.481 e. The molecule has 0 saturated heterocycles. The Morgan fingerprint density at radius 2 is 2.08 bits per heavy atom. The van der Waals surface area contributed by atoms with Crippen molar-refractivity contribution in [3.05, 3.63) is 36.1 Å². The number of ether oxygens (including phenoxy) is 1. The molecule has 0 fully saturated rings. The summed E-state index contributed by atoms with van der Waals surface area (Å²) in [6.07, 6.45) is 0. The van der Waals surface area contributed by atoms with Crippen molar-refractivity contribution < 1.29 is 9.13 Å². The van der Waals surface area contributed by atoms with Crippen LogP contribution in [0.2, 0.25) is 0 Å². The third kappa shape index (κ3) is 1.45. The van der Waals surface area contributed by atoms with Gasteiger partial charge in [-0.1, -0.05) is 0 Å². The highest BCUT2D eigenvalue weighted by Crippen LogP contribution is 2.16. The van der Waals surface area contributed by atoms with Gasteiger partial charge in [-0.2, -0.15) is 0 Å². The van der Waals surface area contributed by atoms with Gasteiger partial charge in [-0.25, -0.2) is 9.37 Å². The van der Waals surface area contributed by atoms with E-state index in [1.165, 1.54) is 13.2 Å². The Kier molecular flexibility index (Phi) is 1.85. The van der Waals surface area contributed by atoms with Gasteiger partial charge in [0.1, 0.15) is 5.82 Å². The normalized spacial score (nSPS) is 10.3. The molecule has 0 unspecified atom stereocenters. The summed E-state index contributed by atoms with van der Waals surface area (Å²) in [5.74, 6) is 0.0580. The van der Waals surface area contributed by atoms with E-state index in [0.29, 0.717) is 11.4 Å². The number of aromatic nitrogens is 1. The van der Waals surface area contributed by atoms with Crippen molar-refractivity contribution in [3.8, 4) is 5.88 Å². The number of benzene rings is 1. The SMILES string of the molecule is COc1ccc2ccc(F)[c]c2n1. The Labute approximate surface area is 75.0 Å². The first kappa shape index (κ1) is 7.98. The first-order valence-corrected chi connectivity index (χ1v) is 3.82. The fourth-order valence-corrected chi connectivity index (χ4v) is 1.12. The number of halogens is 1. The second-order valence-electron chi connectivity index (χ2n) is 2.60. The fourth-order valence-electron chi connectivity index (χ4n) is 1.12. The Balaban J connectivity index is 2.68. The maximum absolute atomic E-state index is 12.7. The van der Waals surface area contributed by atoms with Crippen molar-refractivity contribution in [2.75, 3.05) is 7.11 Å². The molecule has 13 heavy (non-hydrogen) atoms. The summed E-state index contributed by atoms with van der Waals surface area (Å²) in [6.45, 7) is 0. The Hall–Kier alpha value is -1.64. The van der Waals surface area contributed by atoms with Crippen LogP contribution < -0.4 is 4.74 Å². The van der Waals surface area contributed by atoms with E-state index in [9.17, 15) is 4.39 Å². The van der Waals surface area contributed by atoms with Gasteiger partial charge >= 0.3 is 0 Å². The monoisotopic (exact) mass is 176 g/mol.